The Morgan fingerprint density at radius 1 is 1.38 bits per heavy atom. The van der Waals surface area contributed by atoms with Gasteiger partial charge in [-0.3, -0.25) is 14.9 Å². The van der Waals surface area contributed by atoms with E-state index in [1.54, 1.807) is 0 Å². The zero-order valence-electron chi connectivity index (χ0n) is 10.9. The molecule has 21 heavy (non-hydrogen) atoms. The number of aliphatic carboxylic acids is 1. The van der Waals surface area contributed by atoms with Crippen molar-refractivity contribution in [2.24, 2.45) is 5.73 Å². The summed E-state index contributed by atoms with van der Waals surface area (Å²) in [4.78, 5) is 31.2. The second-order valence-electron chi connectivity index (χ2n) is 3.48. The predicted molar refractivity (Wildman–Crippen MR) is 74.6 cm³/mol. The van der Waals surface area contributed by atoms with Crippen molar-refractivity contribution in [3.8, 4) is 0 Å². The number of benzene rings is 1. The lowest BCUT2D eigenvalue weighted by molar-refractivity contribution is -0.384. The molecule has 0 radical (unpaired) electrons. The van der Waals surface area contributed by atoms with Crippen molar-refractivity contribution in [1.82, 2.24) is 0 Å². The van der Waals surface area contributed by atoms with Gasteiger partial charge in [-0.1, -0.05) is 6.07 Å². The second kappa shape index (κ2) is 10.1. The maximum atomic E-state index is 11.2. The molecule has 0 saturated heterocycles. The number of carboxylic acids is 1. The van der Waals surface area contributed by atoms with E-state index in [1.807, 2.05) is 0 Å². The highest BCUT2D eigenvalue weighted by Crippen LogP contribution is 2.16. The van der Waals surface area contributed by atoms with E-state index in [2.05, 4.69) is 5.32 Å². The molecular weight excluding hydrogens is 282 g/mol. The molecular formula is C12H15N3O6. The van der Waals surface area contributed by atoms with Crippen molar-refractivity contribution in [3.63, 3.8) is 0 Å². The van der Waals surface area contributed by atoms with Crippen LogP contribution in [0.5, 0.6) is 0 Å². The van der Waals surface area contributed by atoms with Crippen LogP contribution in [-0.2, 0) is 9.59 Å². The van der Waals surface area contributed by atoms with Gasteiger partial charge in [-0.05, 0) is 6.07 Å². The maximum Gasteiger partial charge on any atom is 0.328 e. The quantitative estimate of drug-likeness (QED) is 0.341. The molecule has 0 aliphatic rings. The number of nitro groups is 1. The molecule has 0 fully saturated rings. The molecule has 1 rings (SSSR count). The summed E-state index contributed by atoms with van der Waals surface area (Å²) in [5.41, 5.74) is 4.84. The molecule has 0 saturated carbocycles. The van der Waals surface area contributed by atoms with E-state index in [1.165, 1.54) is 24.3 Å². The van der Waals surface area contributed by atoms with Crippen molar-refractivity contribution in [3.05, 3.63) is 46.5 Å². The smallest absolute Gasteiger partial charge is 0.328 e. The number of hydrogen-bond donors (Lipinski definition) is 4. The van der Waals surface area contributed by atoms with Gasteiger partial charge in [0.05, 0.1) is 11.5 Å². The van der Waals surface area contributed by atoms with Gasteiger partial charge in [0.2, 0.25) is 5.91 Å². The van der Waals surface area contributed by atoms with Crippen LogP contribution in [0.1, 0.15) is 0 Å². The van der Waals surface area contributed by atoms with Crippen molar-refractivity contribution in [2.45, 2.75) is 0 Å². The van der Waals surface area contributed by atoms with Crippen LogP contribution >= 0.6 is 0 Å². The lowest BCUT2D eigenvalue weighted by Gasteiger charge is -2.00. The van der Waals surface area contributed by atoms with Gasteiger partial charge in [-0.2, -0.15) is 0 Å². The lowest BCUT2D eigenvalue weighted by atomic mass is 10.3. The summed E-state index contributed by atoms with van der Waals surface area (Å²) >= 11 is 0. The molecule has 9 heteroatoms. The molecule has 114 valence electrons. The molecule has 0 atom stereocenters. The van der Waals surface area contributed by atoms with Crippen LogP contribution in [-0.4, -0.2) is 40.2 Å². The molecule has 0 aromatic heterocycles. The third-order valence-electron chi connectivity index (χ3n) is 1.83. The fourth-order valence-electron chi connectivity index (χ4n) is 1.03. The fraction of sp³-hybridized carbons (Fsp3) is 0.167. The van der Waals surface area contributed by atoms with Crippen LogP contribution in [0.25, 0.3) is 0 Å². The number of nitrogens with two attached hydrogens (primary N) is 1. The number of carbonyl (C=O) groups excluding carboxylic acids is 1. The summed E-state index contributed by atoms with van der Waals surface area (Å²) in [6.45, 7) is 0.472. The number of carbonyl (C=O) groups is 2. The normalized spacial score (nSPS) is 9.62. The van der Waals surface area contributed by atoms with E-state index in [9.17, 15) is 19.7 Å². The largest absolute Gasteiger partial charge is 0.478 e. The number of rotatable bonds is 5. The Kier molecular flexibility index (Phi) is 8.73. The average molecular weight is 297 g/mol. The molecule has 9 nitrogen and oxygen atoms in total. The lowest BCUT2D eigenvalue weighted by Crippen LogP contribution is -2.08. The summed E-state index contributed by atoms with van der Waals surface area (Å²) in [6, 6.07) is 5.32. The number of carboxylic acid groups (broad SMARTS) is 1. The zero-order chi connectivity index (χ0) is 16.3. The van der Waals surface area contributed by atoms with E-state index >= 15 is 0 Å². The number of hydrogen-bond acceptors (Lipinski definition) is 6. The first kappa shape index (κ1) is 18.2. The molecule has 1 aromatic carbocycles. The number of nitrogens with zero attached hydrogens (tertiary/aromatic N) is 1. The average Bonchev–Trinajstić information content (AvgIpc) is 2.45. The van der Waals surface area contributed by atoms with Gasteiger partial charge in [0.15, 0.2) is 0 Å². The Morgan fingerprint density at radius 3 is 2.48 bits per heavy atom. The van der Waals surface area contributed by atoms with Crippen molar-refractivity contribution in [1.29, 1.82) is 0 Å². The van der Waals surface area contributed by atoms with Gasteiger partial charge in [0, 0.05) is 36.5 Å². The van der Waals surface area contributed by atoms with Gasteiger partial charge < -0.3 is 21.3 Å². The van der Waals surface area contributed by atoms with Crippen LogP contribution in [0.15, 0.2) is 36.4 Å². The van der Waals surface area contributed by atoms with Crippen molar-refractivity contribution in [2.75, 3.05) is 18.5 Å². The molecule has 5 N–H and O–H groups in total. The standard InChI is InChI=1S/C10H8N2O5.C2H7NO/c13-9(4-5-10(14)15)11-7-2-1-3-8(6-7)12(16)17;3-1-2-4/h1-6H,(H,11,13)(H,14,15);4H,1-3H2/b5-4+;. The van der Waals surface area contributed by atoms with E-state index in [0.29, 0.717) is 12.6 Å². The number of nitro benzene ring substituents is 1. The highest BCUT2D eigenvalue weighted by molar-refractivity contribution is 6.02. The molecule has 1 aromatic rings. The summed E-state index contributed by atoms with van der Waals surface area (Å²) in [7, 11) is 0. The fourth-order valence-corrected chi connectivity index (χ4v) is 1.03. The first-order valence-electron chi connectivity index (χ1n) is 5.68. The molecule has 0 aliphatic carbocycles. The number of anilines is 1. The zero-order valence-corrected chi connectivity index (χ0v) is 10.9. The first-order chi connectivity index (χ1) is 9.90. The van der Waals surface area contributed by atoms with E-state index in [0.717, 1.165) is 6.08 Å². The highest BCUT2D eigenvalue weighted by atomic mass is 16.6. The van der Waals surface area contributed by atoms with Crippen molar-refractivity contribution >= 4 is 23.3 Å². The summed E-state index contributed by atoms with van der Waals surface area (Å²) in [5, 5.41) is 28.8. The summed E-state index contributed by atoms with van der Waals surface area (Å²) in [5.74, 6) is -1.92. The monoisotopic (exact) mass is 297 g/mol. The van der Waals surface area contributed by atoms with E-state index in [4.69, 9.17) is 15.9 Å². The van der Waals surface area contributed by atoms with Crippen LogP contribution < -0.4 is 11.1 Å². The number of amides is 1. The minimum absolute atomic E-state index is 0.0972. The van der Waals surface area contributed by atoms with Crippen molar-refractivity contribution < 1.29 is 24.7 Å². The highest BCUT2D eigenvalue weighted by Gasteiger charge is 2.06. The Morgan fingerprint density at radius 2 is 2.00 bits per heavy atom. The molecule has 0 aliphatic heterocycles. The van der Waals surface area contributed by atoms with Crippen LogP contribution in [0.4, 0.5) is 11.4 Å². The Balaban J connectivity index is 0.000000885. The minimum Gasteiger partial charge on any atom is -0.478 e. The van der Waals surface area contributed by atoms with Gasteiger partial charge in [0.1, 0.15) is 0 Å². The number of nitrogens with one attached hydrogen (secondary N) is 1. The molecule has 0 bridgehead atoms. The predicted octanol–water partition coefficient (Wildman–Crippen LogP) is 0.112. The number of non-ortho nitro benzene ring substituents is 1. The maximum absolute atomic E-state index is 11.2. The van der Waals surface area contributed by atoms with Gasteiger partial charge in [-0.15, -0.1) is 0 Å². The van der Waals surface area contributed by atoms with Gasteiger partial charge in [-0.25, -0.2) is 4.79 Å². The van der Waals surface area contributed by atoms with Crippen LogP contribution in [0.2, 0.25) is 0 Å². The number of aliphatic hydroxyl groups is 1. The second-order valence-corrected chi connectivity index (χ2v) is 3.48. The SMILES string of the molecule is NCCO.O=C(O)/C=C/C(=O)Nc1cccc([N+](=O)[O-])c1. The third-order valence-corrected chi connectivity index (χ3v) is 1.83. The van der Waals surface area contributed by atoms with Gasteiger partial charge >= 0.3 is 5.97 Å². The van der Waals surface area contributed by atoms with E-state index < -0.39 is 16.8 Å². The molecule has 0 heterocycles. The Bertz CT molecular complexity index is 527. The van der Waals surface area contributed by atoms with E-state index in [-0.39, 0.29) is 18.0 Å². The Labute approximate surface area is 119 Å². The first-order valence-corrected chi connectivity index (χ1v) is 5.68. The number of aliphatic hydroxyl groups excluding tert-OH is 1. The van der Waals surface area contributed by atoms with Gasteiger partial charge in [0.25, 0.3) is 5.69 Å². The minimum atomic E-state index is -1.25. The summed E-state index contributed by atoms with van der Waals surface area (Å²) in [6.07, 6.45) is 1.49. The molecule has 0 unspecified atom stereocenters. The third kappa shape index (κ3) is 8.86. The van der Waals surface area contributed by atoms with Crippen LogP contribution in [0.3, 0.4) is 0 Å². The van der Waals surface area contributed by atoms with Crippen LogP contribution in [0, 0.1) is 10.1 Å². The topological polar surface area (TPSA) is 156 Å². The molecule has 0 spiro atoms. The summed E-state index contributed by atoms with van der Waals surface area (Å²) < 4.78 is 0. The molecule has 1 amide bonds. The Hall–Kier alpha value is -2.78.